The van der Waals surface area contributed by atoms with Crippen LogP contribution in [0.5, 0.6) is 0 Å². The summed E-state index contributed by atoms with van der Waals surface area (Å²) in [6, 6.07) is 4.30. The lowest BCUT2D eigenvalue weighted by Crippen LogP contribution is -2.40. The van der Waals surface area contributed by atoms with E-state index in [1.54, 1.807) is 0 Å². The molecule has 3 heteroatoms. The minimum Gasteiger partial charge on any atom is -0.465 e. The molecule has 0 bridgehead atoms. The molecule has 96 valence electrons. The molecule has 0 aliphatic heterocycles. The monoisotopic (exact) mass is 237 g/mol. The highest BCUT2D eigenvalue weighted by Crippen LogP contribution is 2.23. The Morgan fingerprint density at radius 1 is 1.29 bits per heavy atom. The van der Waals surface area contributed by atoms with Crippen LogP contribution in [-0.4, -0.2) is 29.2 Å². The second-order valence-electron chi connectivity index (χ2n) is 5.20. The second kappa shape index (κ2) is 5.69. The Labute approximate surface area is 103 Å². The van der Waals surface area contributed by atoms with Crippen molar-refractivity contribution in [3.8, 4) is 0 Å². The third-order valence-corrected chi connectivity index (χ3v) is 3.71. The van der Waals surface area contributed by atoms with Crippen molar-refractivity contribution in [3.63, 3.8) is 0 Å². The summed E-state index contributed by atoms with van der Waals surface area (Å²) in [5, 5.41) is 10.1. The van der Waals surface area contributed by atoms with Crippen molar-refractivity contribution >= 4 is 0 Å². The highest BCUT2D eigenvalue weighted by Gasteiger charge is 2.25. The van der Waals surface area contributed by atoms with E-state index in [1.165, 1.54) is 12.8 Å². The fraction of sp³-hybridized carbons (Fsp3) is 0.714. The zero-order valence-corrected chi connectivity index (χ0v) is 10.9. The van der Waals surface area contributed by atoms with Crippen molar-refractivity contribution < 1.29 is 9.52 Å². The molecule has 0 saturated heterocycles. The van der Waals surface area contributed by atoms with Gasteiger partial charge < -0.3 is 9.52 Å². The lowest BCUT2D eigenvalue weighted by atomic mass is 10.0. The SMILES string of the molecule is Cc1ccc(CN(C)C2CCCCCC2O)o1. The molecule has 1 aromatic rings. The van der Waals surface area contributed by atoms with Crippen molar-refractivity contribution in [3.05, 3.63) is 23.7 Å². The minimum absolute atomic E-state index is 0.182. The van der Waals surface area contributed by atoms with Gasteiger partial charge in [-0.1, -0.05) is 19.3 Å². The molecule has 17 heavy (non-hydrogen) atoms. The first-order valence-electron chi connectivity index (χ1n) is 6.60. The van der Waals surface area contributed by atoms with E-state index in [1.807, 2.05) is 19.1 Å². The van der Waals surface area contributed by atoms with Gasteiger partial charge in [-0.3, -0.25) is 4.90 Å². The maximum Gasteiger partial charge on any atom is 0.118 e. The van der Waals surface area contributed by atoms with Gasteiger partial charge in [-0.05, 0) is 38.9 Å². The third kappa shape index (κ3) is 3.33. The van der Waals surface area contributed by atoms with Crippen molar-refractivity contribution in [1.82, 2.24) is 4.90 Å². The van der Waals surface area contributed by atoms with Gasteiger partial charge in [-0.25, -0.2) is 0 Å². The number of hydrogen-bond donors (Lipinski definition) is 1. The van der Waals surface area contributed by atoms with Crippen LogP contribution in [0.1, 0.15) is 43.6 Å². The number of aryl methyl sites for hydroxylation is 1. The topological polar surface area (TPSA) is 36.6 Å². The summed E-state index contributed by atoms with van der Waals surface area (Å²) in [6.07, 6.45) is 5.48. The Kier molecular flexibility index (Phi) is 4.24. The van der Waals surface area contributed by atoms with Gasteiger partial charge in [0.25, 0.3) is 0 Å². The van der Waals surface area contributed by atoms with Gasteiger partial charge in [0.2, 0.25) is 0 Å². The third-order valence-electron chi connectivity index (χ3n) is 3.71. The maximum absolute atomic E-state index is 10.1. The van der Waals surface area contributed by atoms with Crippen molar-refractivity contribution in [1.29, 1.82) is 0 Å². The normalized spacial score (nSPS) is 26.1. The van der Waals surface area contributed by atoms with Crippen LogP contribution >= 0.6 is 0 Å². The summed E-state index contributed by atoms with van der Waals surface area (Å²) in [7, 11) is 2.08. The summed E-state index contributed by atoms with van der Waals surface area (Å²) < 4.78 is 5.59. The number of likely N-dealkylation sites (N-methyl/N-ethyl adjacent to an activating group) is 1. The molecule has 2 rings (SSSR count). The first-order valence-corrected chi connectivity index (χ1v) is 6.60. The number of rotatable bonds is 3. The molecule has 1 aliphatic rings. The van der Waals surface area contributed by atoms with Gasteiger partial charge in [0.05, 0.1) is 12.6 Å². The lowest BCUT2D eigenvalue weighted by Gasteiger charge is -2.30. The molecule has 2 atom stereocenters. The van der Waals surface area contributed by atoms with Gasteiger partial charge in [0.1, 0.15) is 11.5 Å². The van der Waals surface area contributed by atoms with Crippen LogP contribution in [0.4, 0.5) is 0 Å². The molecule has 0 radical (unpaired) electrons. The van der Waals surface area contributed by atoms with Crippen LogP contribution in [0.25, 0.3) is 0 Å². The zero-order chi connectivity index (χ0) is 12.3. The predicted molar refractivity (Wildman–Crippen MR) is 67.8 cm³/mol. The van der Waals surface area contributed by atoms with Gasteiger partial charge in [0, 0.05) is 6.04 Å². The standard InChI is InChI=1S/C14H23NO2/c1-11-8-9-12(17-11)10-15(2)13-6-4-3-5-7-14(13)16/h8-9,13-14,16H,3-7,10H2,1-2H3. The predicted octanol–water partition coefficient (Wildman–Crippen LogP) is 2.71. The highest BCUT2D eigenvalue weighted by molar-refractivity contribution is 5.05. The molecular formula is C14H23NO2. The molecule has 1 fully saturated rings. The summed E-state index contributed by atoms with van der Waals surface area (Å²) in [5.74, 6) is 1.94. The summed E-state index contributed by atoms with van der Waals surface area (Å²) in [5.41, 5.74) is 0. The second-order valence-corrected chi connectivity index (χ2v) is 5.20. The van der Waals surface area contributed by atoms with Crippen LogP contribution < -0.4 is 0 Å². The quantitative estimate of drug-likeness (QED) is 0.821. The van der Waals surface area contributed by atoms with Crippen LogP contribution in [0, 0.1) is 6.92 Å². The Hall–Kier alpha value is -0.800. The number of nitrogens with zero attached hydrogens (tertiary/aromatic N) is 1. The summed E-state index contributed by atoms with van der Waals surface area (Å²) in [6.45, 7) is 2.75. The van der Waals surface area contributed by atoms with Crippen LogP contribution in [-0.2, 0) is 6.54 Å². The first kappa shape index (κ1) is 12.7. The number of aliphatic hydroxyl groups is 1. The van der Waals surface area contributed by atoms with E-state index in [0.717, 1.165) is 37.3 Å². The van der Waals surface area contributed by atoms with E-state index >= 15 is 0 Å². The van der Waals surface area contributed by atoms with Crippen molar-refractivity contribution in [2.24, 2.45) is 0 Å². The van der Waals surface area contributed by atoms with Crippen molar-refractivity contribution in [2.75, 3.05) is 7.05 Å². The average molecular weight is 237 g/mol. The van der Waals surface area contributed by atoms with E-state index in [0.29, 0.717) is 0 Å². The van der Waals surface area contributed by atoms with E-state index in [-0.39, 0.29) is 12.1 Å². The molecule has 3 nitrogen and oxygen atoms in total. The molecule has 1 N–H and O–H groups in total. The molecule has 2 unspecified atom stereocenters. The van der Waals surface area contributed by atoms with Crippen molar-refractivity contribution in [2.45, 2.75) is 57.7 Å². The Balaban J connectivity index is 1.95. The number of furan rings is 1. The van der Waals surface area contributed by atoms with Gasteiger partial charge in [-0.15, -0.1) is 0 Å². The Bertz CT molecular complexity index is 348. The highest BCUT2D eigenvalue weighted by atomic mass is 16.3. The smallest absolute Gasteiger partial charge is 0.118 e. The Morgan fingerprint density at radius 2 is 2.06 bits per heavy atom. The first-order chi connectivity index (χ1) is 8.16. The Morgan fingerprint density at radius 3 is 2.76 bits per heavy atom. The van der Waals surface area contributed by atoms with Gasteiger partial charge in [0.15, 0.2) is 0 Å². The zero-order valence-electron chi connectivity index (χ0n) is 10.9. The largest absolute Gasteiger partial charge is 0.465 e. The molecule has 1 aliphatic carbocycles. The van der Waals surface area contributed by atoms with Crippen LogP contribution in [0.15, 0.2) is 16.5 Å². The fourth-order valence-corrected chi connectivity index (χ4v) is 2.72. The fourth-order valence-electron chi connectivity index (χ4n) is 2.72. The van der Waals surface area contributed by atoms with E-state index in [4.69, 9.17) is 4.42 Å². The maximum atomic E-state index is 10.1. The molecule has 1 aromatic heterocycles. The molecule has 0 spiro atoms. The number of aliphatic hydroxyl groups excluding tert-OH is 1. The minimum atomic E-state index is -0.182. The number of hydrogen-bond acceptors (Lipinski definition) is 3. The molecule has 1 saturated carbocycles. The van der Waals surface area contributed by atoms with Crippen LogP contribution in [0.3, 0.4) is 0 Å². The lowest BCUT2D eigenvalue weighted by molar-refractivity contribution is 0.0511. The summed E-state index contributed by atoms with van der Waals surface area (Å²) in [4.78, 5) is 2.23. The van der Waals surface area contributed by atoms with Gasteiger partial charge >= 0.3 is 0 Å². The van der Waals surface area contributed by atoms with E-state index < -0.39 is 0 Å². The average Bonchev–Trinajstić information content (AvgIpc) is 2.57. The molecule has 0 amide bonds. The van der Waals surface area contributed by atoms with E-state index in [9.17, 15) is 5.11 Å². The molecular weight excluding hydrogens is 214 g/mol. The van der Waals surface area contributed by atoms with E-state index in [2.05, 4.69) is 11.9 Å². The van der Waals surface area contributed by atoms with Gasteiger partial charge in [-0.2, -0.15) is 0 Å². The molecule has 1 heterocycles. The molecule has 0 aromatic carbocycles. The summed E-state index contributed by atoms with van der Waals surface area (Å²) >= 11 is 0. The van der Waals surface area contributed by atoms with Crippen LogP contribution in [0.2, 0.25) is 0 Å².